The van der Waals surface area contributed by atoms with Crippen LogP contribution in [-0.4, -0.2) is 29.4 Å². The Morgan fingerprint density at radius 2 is 2.15 bits per heavy atom. The van der Waals surface area contributed by atoms with Gasteiger partial charge in [0.25, 0.3) is 5.92 Å². The van der Waals surface area contributed by atoms with E-state index in [9.17, 15) is 13.6 Å². The average molecular weight is 301 g/mol. The van der Waals surface area contributed by atoms with Crippen molar-refractivity contribution in [3.8, 4) is 0 Å². The SMILES string of the molecule is O=C(Nc1nc2c(s1)CCCCC2)C1CC(F)(F)CN1. The van der Waals surface area contributed by atoms with Gasteiger partial charge in [-0.3, -0.25) is 10.1 Å². The highest BCUT2D eigenvalue weighted by molar-refractivity contribution is 7.15. The Hall–Kier alpha value is -1.08. The zero-order chi connectivity index (χ0) is 14.2. The second-order valence-corrected chi connectivity index (χ2v) is 6.52. The molecule has 7 heteroatoms. The molecule has 0 aromatic carbocycles. The van der Waals surface area contributed by atoms with E-state index in [-0.39, 0.29) is 0 Å². The smallest absolute Gasteiger partial charge is 0.262 e. The first kappa shape index (κ1) is 13.9. The number of hydrogen-bond acceptors (Lipinski definition) is 4. The lowest BCUT2D eigenvalue weighted by Gasteiger charge is -2.09. The second-order valence-electron chi connectivity index (χ2n) is 5.43. The number of rotatable bonds is 2. The summed E-state index contributed by atoms with van der Waals surface area (Å²) in [6, 6.07) is -0.825. The average Bonchev–Trinajstić information content (AvgIpc) is 2.86. The Morgan fingerprint density at radius 3 is 2.90 bits per heavy atom. The molecule has 1 fully saturated rings. The minimum absolute atomic E-state index is 0.411. The molecule has 4 nitrogen and oxygen atoms in total. The third-order valence-corrected chi connectivity index (χ3v) is 4.82. The maximum Gasteiger partial charge on any atom is 0.262 e. The van der Waals surface area contributed by atoms with Crippen LogP contribution in [0.25, 0.3) is 0 Å². The van der Waals surface area contributed by atoms with Gasteiger partial charge in [0, 0.05) is 11.3 Å². The molecule has 1 atom stereocenters. The number of nitrogens with one attached hydrogen (secondary N) is 2. The number of thiazole rings is 1. The molecule has 1 aromatic rings. The fraction of sp³-hybridized carbons (Fsp3) is 0.692. The van der Waals surface area contributed by atoms with Crippen LogP contribution in [0.15, 0.2) is 0 Å². The van der Waals surface area contributed by atoms with Gasteiger partial charge in [-0.05, 0) is 25.7 Å². The van der Waals surface area contributed by atoms with Gasteiger partial charge in [-0.2, -0.15) is 0 Å². The maximum absolute atomic E-state index is 13.1. The van der Waals surface area contributed by atoms with E-state index in [0.29, 0.717) is 5.13 Å². The molecule has 1 saturated heterocycles. The van der Waals surface area contributed by atoms with Crippen molar-refractivity contribution in [3.63, 3.8) is 0 Å². The lowest BCUT2D eigenvalue weighted by Crippen LogP contribution is -2.35. The van der Waals surface area contributed by atoms with Crippen LogP contribution >= 0.6 is 11.3 Å². The van der Waals surface area contributed by atoms with Gasteiger partial charge in [-0.1, -0.05) is 6.42 Å². The fourth-order valence-corrected chi connectivity index (χ4v) is 3.73. The van der Waals surface area contributed by atoms with Crippen LogP contribution in [0.1, 0.15) is 36.3 Å². The number of amides is 1. The van der Waals surface area contributed by atoms with Crippen molar-refractivity contribution in [2.75, 3.05) is 11.9 Å². The molecule has 1 aromatic heterocycles. The van der Waals surface area contributed by atoms with E-state index in [1.54, 1.807) is 0 Å². The van der Waals surface area contributed by atoms with Crippen LogP contribution in [0.4, 0.5) is 13.9 Å². The molecule has 1 aliphatic carbocycles. The fourth-order valence-electron chi connectivity index (χ4n) is 2.68. The van der Waals surface area contributed by atoms with Crippen LogP contribution in [0.3, 0.4) is 0 Å². The standard InChI is InChI=1S/C13H17F2N3OS/c14-13(15)6-9(16-7-13)11(19)18-12-17-8-4-2-1-3-5-10(8)20-12/h9,16H,1-7H2,(H,17,18,19). The van der Waals surface area contributed by atoms with Gasteiger partial charge in [-0.15, -0.1) is 11.3 Å². The van der Waals surface area contributed by atoms with Gasteiger partial charge >= 0.3 is 0 Å². The third-order valence-electron chi connectivity index (χ3n) is 3.75. The highest BCUT2D eigenvalue weighted by Gasteiger charge is 2.42. The zero-order valence-electron chi connectivity index (χ0n) is 11.0. The predicted molar refractivity (Wildman–Crippen MR) is 73.4 cm³/mol. The number of halogens is 2. The number of hydrogen-bond donors (Lipinski definition) is 2. The van der Waals surface area contributed by atoms with E-state index in [0.717, 1.165) is 31.4 Å². The first-order valence-corrected chi connectivity index (χ1v) is 7.76. The van der Waals surface area contributed by atoms with Crippen molar-refractivity contribution in [1.82, 2.24) is 10.3 Å². The number of aryl methyl sites for hydroxylation is 2. The van der Waals surface area contributed by atoms with E-state index in [4.69, 9.17) is 0 Å². The van der Waals surface area contributed by atoms with Crippen molar-refractivity contribution in [1.29, 1.82) is 0 Å². The van der Waals surface area contributed by atoms with Crippen molar-refractivity contribution in [3.05, 3.63) is 10.6 Å². The maximum atomic E-state index is 13.1. The summed E-state index contributed by atoms with van der Waals surface area (Å²) in [6.07, 6.45) is 5.00. The highest BCUT2D eigenvalue weighted by atomic mass is 32.1. The molecule has 0 radical (unpaired) electrons. The monoisotopic (exact) mass is 301 g/mol. The molecular weight excluding hydrogens is 284 g/mol. The first-order chi connectivity index (χ1) is 9.53. The Bertz CT molecular complexity index is 494. The van der Waals surface area contributed by atoms with Crippen LogP contribution < -0.4 is 10.6 Å². The second kappa shape index (κ2) is 5.37. The van der Waals surface area contributed by atoms with Gasteiger partial charge in [0.05, 0.1) is 18.3 Å². The number of carbonyl (C=O) groups excluding carboxylic acids is 1. The summed E-state index contributed by atoms with van der Waals surface area (Å²) >= 11 is 1.48. The predicted octanol–water partition coefficient (Wildman–Crippen LogP) is 2.35. The molecule has 1 aliphatic heterocycles. The molecule has 110 valence electrons. The molecule has 2 N–H and O–H groups in total. The molecule has 1 unspecified atom stereocenters. The van der Waals surface area contributed by atoms with Crippen LogP contribution in [0.2, 0.25) is 0 Å². The first-order valence-electron chi connectivity index (χ1n) is 6.94. The molecule has 1 amide bonds. The molecule has 2 heterocycles. The van der Waals surface area contributed by atoms with Gasteiger partial charge in [0.1, 0.15) is 0 Å². The van der Waals surface area contributed by atoms with Crippen LogP contribution in [0, 0.1) is 0 Å². The van der Waals surface area contributed by atoms with Gasteiger partial charge < -0.3 is 5.32 Å². The van der Waals surface area contributed by atoms with Crippen molar-refractivity contribution < 1.29 is 13.6 Å². The Morgan fingerprint density at radius 1 is 1.35 bits per heavy atom. The number of nitrogens with zero attached hydrogens (tertiary/aromatic N) is 1. The van der Waals surface area contributed by atoms with Gasteiger partial charge in [0.15, 0.2) is 5.13 Å². The van der Waals surface area contributed by atoms with Crippen LogP contribution in [-0.2, 0) is 17.6 Å². The van der Waals surface area contributed by atoms with Crippen LogP contribution in [0.5, 0.6) is 0 Å². The lowest BCUT2D eigenvalue weighted by molar-refractivity contribution is -0.118. The summed E-state index contributed by atoms with van der Waals surface area (Å²) in [4.78, 5) is 17.6. The quantitative estimate of drug-likeness (QED) is 0.825. The Kier molecular flexibility index (Phi) is 3.72. The Labute approximate surface area is 120 Å². The molecule has 2 aliphatic rings. The molecular formula is C13H17F2N3OS. The number of carbonyl (C=O) groups is 1. The molecule has 0 saturated carbocycles. The number of alkyl halides is 2. The highest BCUT2D eigenvalue weighted by Crippen LogP contribution is 2.30. The number of fused-ring (bicyclic) bond motifs is 1. The van der Waals surface area contributed by atoms with Crippen molar-refractivity contribution in [2.24, 2.45) is 0 Å². The van der Waals surface area contributed by atoms with Crippen molar-refractivity contribution >= 4 is 22.4 Å². The minimum Gasteiger partial charge on any atom is -0.301 e. The summed E-state index contributed by atoms with van der Waals surface area (Å²) in [5.41, 5.74) is 1.06. The third kappa shape index (κ3) is 2.98. The number of anilines is 1. The Balaban J connectivity index is 1.65. The zero-order valence-corrected chi connectivity index (χ0v) is 11.9. The summed E-state index contributed by atoms with van der Waals surface area (Å²) in [5.74, 6) is -3.20. The molecule has 3 rings (SSSR count). The van der Waals surface area contributed by atoms with E-state index in [1.165, 1.54) is 22.6 Å². The topological polar surface area (TPSA) is 54.0 Å². The molecule has 20 heavy (non-hydrogen) atoms. The summed E-state index contributed by atoms with van der Waals surface area (Å²) in [7, 11) is 0. The van der Waals surface area contributed by atoms with E-state index in [2.05, 4.69) is 15.6 Å². The van der Waals surface area contributed by atoms with Gasteiger partial charge in [0.2, 0.25) is 5.91 Å². The summed E-state index contributed by atoms with van der Waals surface area (Å²) in [5, 5.41) is 5.77. The van der Waals surface area contributed by atoms with E-state index < -0.39 is 30.8 Å². The van der Waals surface area contributed by atoms with Gasteiger partial charge in [-0.25, -0.2) is 13.8 Å². The lowest BCUT2D eigenvalue weighted by atomic mass is 10.2. The molecule has 0 spiro atoms. The largest absolute Gasteiger partial charge is 0.301 e. The normalized spacial score (nSPS) is 25.0. The molecule has 0 bridgehead atoms. The summed E-state index contributed by atoms with van der Waals surface area (Å²) < 4.78 is 26.1. The number of aromatic nitrogens is 1. The van der Waals surface area contributed by atoms with E-state index in [1.807, 2.05) is 0 Å². The van der Waals surface area contributed by atoms with Crippen molar-refractivity contribution in [2.45, 2.75) is 50.5 Å². The minimum atomic E-state index is -2.79. The van der Waals surface area contributed by atoms with E-state index >= 15 is 0 Å². The summed E-state index contributed by atoms with van der Waals surface area (Å²) in [6.45, 7) is -0.431.